The van der Waals surface area contributed by atoms with Crippen LogP contribution in [-0.2, 0) is 4.74 Å². The van der Waals surface area contributed by atoms with Crippen molar-refractivity contribution in [3.8, 4) is 5.88 Å². The zero-order valence-electron chi connectivity index (χ0n) is 10.7. The summed E-state index contributed by atoms with van der Waals surface area (Å²) >= 11 is 0. The molecular weight excluding hydrogens is 216 g/mol. The highest BCUT2D eigenvalue weighted by Crippen LogP contribution is 2.09. The molecule has 4 heteroatoms. The van der Waals surface area contributed by atoms with Crippen molar-refractivity contribution in [2.75, 3.05) is 33.9 Å². The minimum Gasteiger partial charge on any atom is -0.481 e. The van der Waals surface area contributed by atoms with Gasteiger partial charge in [-0.1, -0.05) is 11.6 Å². The molecule has 0 aliphatic rings. The maximum absolute atomic E-state index is 5.08. The number of ether oxygens (including phenoxy) is 2. The fourth-order valence-electron chi connectivity index (χ4n) is 1.39. The van der Waals surface area contributed by atoms with Gasteiger partial charge in [0.25, 0.3) is 0 Å². The number of nitrogens with one attached hydrogen (secondary N) is 1. The molecule has 0 saturated heterocycles. The third-order valence-corrected chi connectivity index (χ3v) is 2.24. The Kier molecular flexibility index (Phi) is 6.29. The first-order chi connectivity index (χ1) is 8.26. The summed E-state index contributed by atoms with van der Waals surface area (Å²) in [5, 5.41) is 3.28. The number of methoxy groups -OCH3 is 2. The number of rotatable bonds is 7. The Bertz CT molecular complexity index is 364. The summed E-state index contributed by atoms with van der Waals surface area (Å²) in [7, 11) is 3.32. The zero-order chi connectivity index (χ0) is 12.5. The maximum atomic E-state index is 5.08. The normalized spacial score (nSPS) is 11.6. The van der Waals surface area contributed by atoms with E-state index >= 15 is 0 Å². The first-order valence-corrected chi connectivity index (χ1v) is 5.64. The standard InChI is InChI=1S/C13H20N2O2/c1-11(10-14-7-8-16-2)9-12-5-4-6-13(15-12)17-3/h4-6,9,14H,7-8,10H2,1-3H3/b11-9+. The molecule has 0 unspecified atom stereocenters. The molecule has 1 heterocycles. The molecule has 17 heavy (non-hydrogen) atoms. The number of hydrogen-bond donors (Lipinski definition) is 1. The van der Waals surface area contributed by atoms with Crippen LogP contribution in [0.25, 0.3) is 6.08 Å². The van der Waals surface area contributed by atoms with E-state index < -0.39 is 0 Å². The second-order valence-electron chi connectivity index (χ2n) is 3.77. The zero-order valence-corrected chi connectivity index (χ0v) is 10.7. The van der Waals surface area contributed by atoms with Crippen molar-refractivity contribution < 1.29 is 9.47 Å². The quantitative estimate of drug-likeness (QED) is 0.732. The van der Waals surface area contributed by atoms with Gasteiger partial charge in [-0.05, 0) is 19.1 Å². The van der Waals surface area contributed by atoms with Gasteiger partial charge in [-0.2, -0.15) is 0 Å². The van der Waals surface area contributed by atoms with Crippen molar-refractivity contribution in [3.05, 3.63) is 29.5 Å². The molecule has 1 aromatic rings. The fraction of sp³-hybridized carbons (Fsp3) is 0.462. The number of aromatic nitrogens is 1. The lowest BCUT2D eigenvalue weighted by Crippen LogP contribution is -2.20. The number of hydrogen-bond acceptors (Lipinski definition) is 4. The second-order valence-corrected chi connectivity index (χ2v) is 3.77. The van der Waals surface area contributed by atoms with Gasteiger partial charge >= 0.3 is 0 Å². The molecule has 0 amide bonds. The SMILES string of the molecule is COCCNC/C(C)=C/c1cccc(OC)n1. The van der Waals surface area contributed by atoms with Crippen molar-refractivity contribution in [3.63, 3.8) is 0 Å². The van der Waals surface area contributed by atoms with Crippen LogP contribution in [-0.4, -0.2) is 38.9 Å². The van der Waals surface area contributed by atoms with Crippen LogP contribution in [0, 0.1) is 0 Å². The number of nitrogens with zero attached hydrogens (tertiary/aromatic N) is 1. The van der Waals surface area contributed by atoms with Gasteiger partial charge in [0.15, 0.2) is 0 Å². The summed E-state index contributed by atoms with van der Waals surface area (Å²) in [4.78, 5) is 4.32. The smallest absolute Gasteiger partial charge is 0.213 e. The Morgan fingerprint density at radius 3 is 2.94 bits per heavy atom. The lowest BCUT2D eigenvalue weighted by atomic mass is 10.2. The van der Waals surface area contributed by atoms with Gasteiger partial charge in [-0.3, -0.25) is 0 Å². The molecule has 0 radical (unpaired) electrons. The third kappa shape index (κ3) is 5.47. The Labute approximate surface area is 103 Å². The van der Waals surface area contributed by atoms with E-state index in [1.165, 1.54) is 5.57 Å². The molecule has 0 atom stereocenters. The third-order valence-electron chi connectivity index (χ3n) is 2.24. The van der Waals surface area contributed by atoms with E-state index in [0.717, 1.165) is 25.4 Å². The van der Waals surface area contributed by atoms with Gasteiger partial charge in [-0.25, -0.2) is 4.98 Å². The van der Waals surface area contributed by atoms with Crippen LogP contribution < -0.4 is 10.1 Å². The molecule has 0 fully saturated rings. The van der Waals surface area contributed by atoms with Crippen molar-refractivity contribution >= 4 is 6.08 Å². The van der Waals surface area contributed by atoms with Crippen molar-refractivity contribution in [2.45, 2.75) is 6.92 Å². The molecule has 0 bridgehead atoms. The van der Waals surface area contributed by atoms with Gasteiger partial charge in [0.05, 0.1) is 19.4 Å². The van der Waals surface area contributed by atoms with Crippen LogP contribution in [0.2, 0.25) is 0 Å². The maximum Gasteiger partial charge on any atom is 0.213 e. The molecular formula is C13H20N2O2. The molecule has 0 aromatic carbocycles. The molecule has 1 N–H and O–H groups in total. The largest absolute Gasteiger partial charge is 0.481 e. The summed E-state index contributed by atoms with van der Waals surface area (Å²) in [5.74, 6) is 0.638. The lowest BCUT2D eigenvalue weighted by molar-refractivity contribution is 0.200. The minimum absolute atomic E-state index is 0.638. The van der Waals surface area contributed by atoms with Crippen LogP contribution in [0.3, 0.4) is 0 Å². The van der Waals surface area contributed by atoms with Crippen LogP contribution in [0.15, 0.2) is 23.8 Å². The summed E-state index contributed by atoms with van der Waals surface area (Å²) < 4.78 is 10.0. The predicted molar refractivity (Wildman–Crippen MR) is 69.2 cm³/mol. The summed E-state index contributed by atoms with van der Waals surface area (Å²) in [6.45, 7) is 4.49. The van der Waals surface area contributed by atoms with Crippen molar-refractivity contribution in [2.24, 2.45) is 0 Å². The lowest BCUT2D eigenvalue weighted by Gasteiger charge is -2.05. The highest BCUT2D eigenvalue weighted by atomic mass is 16.5. The molecule has 1 rings (SSSR count). The Morgan fingerprint density at radius 2 is 2.24 bits per heavy atom. The first kappa shape index (κ1) is 13.7. The molecule has 94 valence electrons. The topological polar surface area (TPSA) is 43.4 Å². The van der Waals surface area contributed by atoms with Crippen molar-refractivity contribution in [1.82, 2.24) is 10.3 Å². The van der Waals surface area contributed by atoms with Gasteiger partial charge in [-0.15, -0.1) is 0 Å². The van der Waals surface area contributed by atoms with Crippen LogP contribution in [0.4, 0.5) is 0 Å². The summed E-state index contributed by atoms with van der Waals surface area (Å²) in [6.07, 6.45) is 2.04. The average molecular weight is 236 g/mol. The molecule has 0 spiro atoms. The van der Waals surface area contributed by atoms with Crippen molar-refractivity contribution in [1.29, 1.82) is 0 Å². The second kappa shape index (κ2) is 7.81. The van der Waals surface area contributed by atoms with Gasteiger partial charge in [0.2, 0.25) is 5.88 Å². The Morgan fingerprint density at radius 1 is 1.41 bits per heavy atom. The molecule has 1 aromatic heterocycles. The molecule has 4 nitrogen and oxygen atoms in total. The molecule has 0 aliphatic heterocycles. The van der Waals surface area contributed by atoms with E-state index in [0.29, 0.717) is 5.88 Å². The van der Waals surface area contributed by atoms with E-state index in [2.05, 4.69) is 17.2 Å². The van der Waals surface area contributed by atoms with E-state index in [4.69, 9.17) is 9.47 Å². The fourth-order valence-corrected chi connectivity index (χ4v) is 1.39. The van der Waals surface area contributed by atoms with E-state index in [1.54, 1.807) is 14.2 Å². The Balaban J connectivity index is 2.48. The first-order valence-electron chi connectivity index (χ1n) is 5.64. The number of pyridine rings is 1. The van der Waals surface area contributed by atoms with Gasteiger partial charge < -0.3 is 14.8 Å². The average Bonchev–Trinajstić information content (AvgIpc) is 2.35. The summed E-state index contributed by atoms with van der Waals surface area (Å²) in [5.41, 5.74) is 2.14. The minimum atomic E-state index is 0.638. The Hall–Kier alpha value is -1.39. The van der Waals surface area contributed by atoms with Gasteiger partial charge in [0.1, 0.15) is 0 Å². The van der Waals surface area contributed by atoms with Crippen LogP contribution in [0.1, 0.15) is 12.6 Å². The molecule has 0 saturated carbocycles. The van der Waals surface area contributed by atoms with Crippen LogP contribution >= 0.6 is 0 Å². The predicted octanol–water partition coefficient (Wildman–Crippen LogP) is 1.73. The van der Waals surface area contributed by atoms with E-state index in [-0.39, 0.29) is 0 Å². The van der Waals surface area contributed by atoms with E-state index in [9.17, 15) is 0 Å². The highest BCUT2D eigenvalue weighted by molar-refractivity contribution is 5.49. The van der Waals surface area contributed by atoms with Gasteiger partial charge in [0, 0.05) is 26.3 Å². The highest BCUT2D eigenvalue weighted by Gasteiger charge is 1.96. The summed E-state index contributed by atoms with van der Waals surface area (Å²) in [6, 6.07) is 5.73. The molecule has 0 aliphatic carbocycles. The van der Waals surface area contributed by atoms with E-state index in [1.807, 2.05) is 24.3 Å². The monoisotopic (exact) mass is 236 g/mol. The van der Waals surface area contributed by atoms with Crippen LogP contribution in [0.5, 0.6) is 5.88 Å².